The minimum Gasteiger partial charge on any atom is -0.143 e. The van der Waals surface area contributed by atoms with Crippen molar-refractivity contribution < 1.29 is 0 Å². The van der Waals surface area contributed by atoms with Crippen molar-refractivity contribution in [2.75, 3.05) is 0 Å². The lowest BCUT2D eigenvalue weighted by Crippen LogP contribution is -1.90. The molecule has 22 heavy (non-hydrogen) atoms. The number of hydrogen-bond donors (Lipinski definition) is 1. The van der Waals surface area contributed by atoms with Crippen molar-refractivity contribution in [2.45, 2.75) is 11.8 Å². The van der Waals surface area contributed by atoms with Crippen LogP contribution >= 0.6 is 12.6 Å². The monoisotopic (exact) mass is 300 g/mol. The first-order valence-corrected chi connectivity index (χ1v) is 7.90. The molecule has 0 heterocycles. The van der Waals surface area contributed by atoms with E-state index in [0.717, 1.165) is 4.90 Å². The van der Waals surface area contributed by atoms with Gasteiger partial charge in [0.1, 0.15) is 0 Å². The molecule has 0 unspecified atom stereocenters. The van der Waals surface area contributed by atoms with E-state index in [-0.39, 0.29) is 0 Å². The molecule has 0 aliphatic heterocycles. The Kier molecular flexibility index (Phi) is 3.16. The van der Waals surface area contributed by atoms with Crippen LogP contribution in [0.3, 0.4) is 0 Å². The Morgan fingerprint density at radius 3 is 1.82 bits per heavy atom. The highest BCUT2D eigenvalue weighted by Crippen LogP contribution is 2.39. The zero-order chi connectivity index (χ0) is 15.1. The van der Waals surface area contributed by atoms with Crippen molar-refractivity contribution >= 4 is 34.2 Å². The van der Waals surface area contributed by atoms with E-state index in [1.54, 1.807) is 0 Å². The molecule has 4 aromatic carbocycles. The molecule has 0 nitrogen and oxygen atoms in total. The number of fused-ring (bicyclic) bond motifs is 2. The maximum Gasteiger partial charge on any atom is 0.0125 e. The Labute approximate surface area is 135 Å². The van der Waals surface area contributed by atoms with Crippen LogP contribution in [0.4, 0.5) is 0 Å². The van der Waals surface area contributed by atoms with Crippen LogP contribution < -0.4 is 0 Å². The summed E-state index contributed by atoms with van der Waals surface area (Å²) in [6.45, 7) is 2.18. The standard InChI is InChI=1S/C21H16S/c1-14-10-11-15-6-2-4-8-17(15)20(14)21-18-9-5-3-7-16(18)12-13-19(21)22/h2-13,22H,1H3. The van der Waals surface area contributed by atoms with Crippen molar-refractivity contribution in [3.05, 3.63) is 78.4 Å². The molecule has 0 atom stereocenters. The summed E-state index contributed by atoms with van der Waals surface area (Å²) >= 11 is 4.76. The van der Waals surface area contributed by atoms with E-state index in [2.05, 4.69) is 79.7 Å². The van der Waals surface area contributed by atoms with Crippen LogP contribution in [-0.2, 0) is 0 Å². The van der Waals surface area contributed by atoms with Gasteiger partial charge in [-0.25, -0.2) is 0 Å². The summed E-state index contributed by atoms with van der Waals surface area (Å²) in [6.07, 6.45) is 0. The van der Waals surface area contributed by atoms with Crippen molar-refractivity contribution in [2.24, 2.45) is 0 Å². The predicted octanol–water partition coefficient (Wildman–Crippen LogP) is 6.26. The van der Waals surface area contributed by atoms with Gasteiger partial charge in [0.05, 0.1) is 0 Å². The molecular formula is C21H16S. The zero-order valence-electron chi connectivity index (χ0n) is 12.4. The third-order valence-electron chi connectivity index (χ3n) is 4.29. The number of benzene rings is 4. The summed E-state index contributed by atoms with van der Waals surface area (Å²) in [5.74, 6) is 0. The predicted molar refractivity (Wildman–Crippen MR) is 98.9 cm³/mol. The molecule has 4 rings (SSSR count). The summed E-state index contributed by atoms with van der Waals surface area (Å²) in [5.41, 5.74) is 3.81. The second kappa shape index (κ2) is 5.19. The Bertz CT molecular complexity index is 916. The molecule has 0 aliphatic carbocycles. The SMILES string of the molecule is Cc1ccc2ccccc2c1-c1c(S)ccc2ccccc12. The second-order valence-corrected chi connectivity index (χ2v) is 6.14. The molecule has 0 saturated carbocycles. The van der Waals surface area contributed by atoms with Crippen LogP contribution in [0.2, 0.25) is 0 Å². The summed E-state index contributed by atoms with van der Waals surface area (Å²) in [7, 11) is 0. The van der Waals surface area contributed by atoms with E-state index < -0.39 is 0 Å². The van der Waals surface area contributed by atoms with Crippen LogP contribution in [-0.4, -0.2) is 0 Å². The molecule has 0 N–H and O–H groups in total. The lowest BCUT2D eigenvalue weighted by atomic mass is 9.90. The first-order chi connectivity index (χ1) is 10.8. The molecule has 0 bridgehead atoms. The Morgan fingerprint density at radius 2 is 1.14 bits per heavy atom. The van der Waals surface area contributed by atoms with Gasteiger partial charge >= 0.3 is 0 Å². The van der Waals surface area contributed by atoms with Gasteiger partial charge in [0, 0.05) is 10.5 Å². The maximum atomic E-state index is 4.76. The minimum atomic E-state index is 1.03. The fourth-order valence-corrected chi connectivity index (χ4v) is 3.54. The first-order valence-electron chi connectivity index (χ1n) is 7.45. The Morgan fingerprint density at radius 1 is 0.591 bits per heavy atom. The van der Waals surface area contributed by atoms with E-state index in [0.29, 0.717) is 0 Å². The normalized spacial score (nSPS) is 11.2. The van der Waals surface area contributed by atoms with E-state index in [1.165, 1.54) is 38.2 Å². The molecule has 0 amide bonds. The summed E-state index contributed by atoms with van der Waals surface area (Å²) in [6, 6.07) is 25.7. The van der Waals surface area contributed by atoms with Crippen LogP contribution in [0.15, 0.2) is 77.7 Å². The number of hydrogen-bond acceptors (Lipinski definition) is 1. The van der Waals surface area contributed by atoms with E-state index in [4.69, 9.17) is 12.6 Å². The summed E-state index contributed by atoms with van der Waals surface area (Å²) in [4.78, 5) is 1.03. The van der Waals surface area contributed by atoms with Gasteiger partial charge < -0.3 is 0 Å². The highest BCUT2D eigenvalue weighted by molar-refractivity contribution is 7.80. The zero-order valence-corrected chi connectivity index (χ0v) is 13.3. The van der Waals surface area contributed by atoms with Gasteiger partial charge in [0.2, 0.25) is 0 Å². The average molecular weight is 300 g/mol. The van der Waals surface area contributed by atoms with Gasteiger partial charge in [-0.2, -0.15) is 0 Å². The van der Waals surface area contributed by atoms with E-state index in [9.17, 15) is 0 Å². The molecule has 0 radical (unpaired) electrons. The maximum absolute atomic E-state index is 4.76. The molecule has 1 heteroatoms. The lowest BCUT2D eigenvalue weighted by molar-refractivity contribution is 1.44. The fourth-order valence-electron chi connectivity index (χ4n) is 3.24. The van der Waals surface area contributed by atoms with Crippen molar-refractivity contribution in [3.63, 3.8) is 0 Å². The third-order valence-corrected chi connectivity index (χ3v) is 4.67. The topological polar surface area (TPSA) is 0 Å². The summed E-state index contributed by atoms with van der Waals surface area (Å²) in [5, 5.41) is 5.06. The van der Waals surface area contributed by atoms with Gasteiger partial charge in [-0.15, -0.1) is 12.6 Å². The molecule has 0 aromatic heterocycles. The largest absolute Gasteiger partial charge is 0.143 e. The number of aryl methyl sites for hydroxylation is 1. The van der Waals surface area contributed by atoms with Crippen molar-refractivity contribution in [1.29, 1.82) is 0 Å². The summed E-state index contributed by atoms with van der Waals surface area (Å²) < 4.78 is 0. The third kappa shape index (κ3) is 2.01. The van der Waals surface area contributed by atoms with Gasteiger partial charge in [-0.05, 0) is 45.7 Å². The molecular weight excluding hydrogens is 284 g/mol. The fraction of sp³-hybridized carbons (Fsp3) is 0.0476. The van der Waals surface area contributed by atoms with E-state index in [1.807, 2.05) is 0 Å². The smallest absolute Gasteiger partial charge is 0.0125 e. The Hall–Kier alpha value is -2.25. The molecule has 0 aliphatic rings. The minimum absolute atomic E-state index is 1.03. The van der Waals surface area contributed by atoms with Gasteiger partial charge in [-0.1, -0.05) is 66.7 Å². The number of rotatable bonds is 1. The van der Waals surface area contributed by atoms with Gasteiger partial charge in [-0.3, -0.25) is 0 Å². The van der Waals surface area contributed by atoms with Crippen LogP contribution in [0.1, 0.15) is 5.56 Å². The highest BCUT2D eigenvalue weighted by atomic mass is 32.1. The van der Waals surface area contributed by atoms with Crippen molar-refractivity contribution in [1.82, 2.24) is 0 Å². The quantitative estimate of drug-likeness (QED) is 0.394. The van der Waals surface area contributed by atoms with Crippen LogP contribution in [0, 0.1) is 6.92 Å². The molecule has 0 saturated heterocycles. The molecule has 4 aromatic rings. The van der Waals surface area contributed by atoms with E-state index >= 15 is 0 Å². The number of thiol groups is 1. The van der Waals surface area contributed by atoms with Crippen molar-refractivity contribution in [3.8, 4) is 11.1 Å². The first kappa shape index (κ1) is 13.4. The van der Waals surface area contributed by atoms with Crippen LogP contribution in [0.25, 0.3) is 32.7 Å². The van der Waals surface area contributed by atoms with Crippen LogP contribution in [0.5, 0.6) is 0 Å². The molecule has 0 fully saturated rings. The lowest BCUT2D eigenvalue weighted by Gasteiger charge is -2.15. The van der Waals surface area contributed by atoms with Gasteiger partial charge in [0.25, 0.3) is 0 Å². The molecule has 106 valence electrons. The highest BCUT2D eigenvalue weighted by Gasteiger charge is 2.13. The second-order valence-electron chi connectivity index (χ2n) is 5.66. The average Bonchev–Trinajstić information content (AvgIpc) is 2.56. The van der Waals surface area contributed by atoms with Gasteiger partial charge in [0.15, 0.2) is 0 Å². The molecule has 0 spiro atoms. The Balaban J connectivity index is 2.21.